The molecule has 0 atom stereocenters. The number of hydrogen-bond acceptors (Lipinski definition) is 6. The van der Waals surface area contributed by atoms with Crippen LogP contribution in [0, 0.1) is 5.82 Å². The average Bonchev–Trinajstić information content (AvgIpc) is 2.77. The number of fused-ring (bicyclic) bond motifs is 1. The molecule has 2 aromatic carbocycles. The first-order chi connectivity index (χ1) is 15.2. The molecule has 0 bridgehead atoms. The van der Waals surface area contributed by atoms with Gasteiger partial charge >= 0.3 is 0 Å². The minimum atomic E-state index is -0.935. The van der Waals surface area contributed by atoms with Gasteiger partial charge in [-0.2, -0.15) is 0 Å². The third-order valence-electron chi connectivity index (χ3n) is 4.35. The second kappa shape index (κ2) is 10.2. The van der Waals surface area contributed by atoms with Gasteiger partial charge in [-0.25, -0.2) is 18.7 Å². The third kappa shape index (κ3) is 5.32. The number of carbonyl (C=O) groups excluding carboxylic acids is 1. The van der Waals surface area contributed by atoms with Gasteiger partial charge in [0.25, 0.3) is 5.91 Å². The topological polar surface area (TPSA) is 79.4 Å². The van der Waals surface area contributed by atoms with Crippen LogP contribution in [0.3, 0.4) is 0 Å². The molecule has 11 heteroatoms. The molecule has 1 aromatic heterocycles. The van der Waals surface area contributed by atoms with Crippen molar-refractivity contribution in [2.24, 2.45) is 0 Å². The fourth-order valence-corrected chi connectivity index (χ4v) is 3.21. The molecule has 1 amide bonds. The van der Waals surface area contributed by atoms with Gasteiger partial charge in [-0.3, -0.25) is 4.79 Å². The lowest BCUT2D eigenvalue weighted by molar-refractivity contribution is -0.114. The quantitative estimate of drug-likeness (QED) is 0.322. The van der Waals surface area contributed by atoms with E-state index >= 15 is 0 Å². The lowest BCUT2D eigenvalue weighted by Crippen LogP contribution is -2.16. The predicted molar refractivity (Wildman–Crippen MR) is 125 cm³/mol. The molecule has 0 unspecified atom stereocenters. The molecule has 2 N–H and O–H groups in total. The second-order valence-corrected chi connectivity index (χ2v) is 8.14. The number of methoxy groups -OCH3 is 1. The highest BCUT2D eigenvalue weighted by Crippen LogP contribution is 2.35. The number of aromatic nitrogens is 2. The number of hydrogen-bond donors (Lipinski definition) is 2. The van der Waals surface area contributed by atoms with E-state index in [-0.39, 0.29) is 34.5 Å². The van der Waals surface area contributed by atoms with Gasteiger partial charge in [-0.05, 0) is 54.3 Å². The van der Waals surface area contributed by atoms with E-state index in [2.05, 4.69) is 36.5 Å². The molecule has 0 saturated heterocycles. The molecule has 0 aliphatic rings. The Bertz CT molecular complexity index is 1210. The van der Waals surface area contributed by atoms with Gasteiger partial charge in [0.1, 0.15) is 17.9 Å². The lowest BCUT2D eigenvalue weighted by atomic mass is 10.1. The summed E-state index contributed by atoms with van der Waals surface area (Å²) in [6, 6.07) is 6.17. The highest BCUT2D eigenvalue weighted by molar-refractivity contribution is 9.10. The summed E-state index contributed by atoms with van der Waals surface area (Å²) in [5.74, 6) is -2.00. The number of rotatable bonds is 7. The van der Waals surface area contributed by atoms with E-state index in [9.17, 15) is 13.6 Å². The number of carbonyl (C=O) groups is 1. The molecule has 0 spiro atoms. The van der Waals surface area contributed by atoms with E-state index in [1.54, 1.807) is 31.1 Å². The van der Waals surface area contributed by atoms with Crippen molar-refractivity contribution in [2.75, 3.05) is 38.4 Å². The van der Waals surface area contributed by atoms with Gasteiger partial charge in [-0.15, -0.1) is 0 Å². The summed E-state index contributed by atoms with van der Waals surface area (Å²) in [6.45, 7) is 0.261. The van der Waals surface area contributed by atoms with Gasteiger partial charge in [0, 0.05) is 22.5 Å². The Labute approximate surface area is 196 Å². The lowest BCUT2D eigenvalue weighted by Gasteiger charge is -2.14. The van der Waals surface area contributed by atoms with E-state index in [1.165, 1.54) is 31.6 Å². The number of amides is 1. The van der Waals surface area contributed by atoms with Crippen LogP contribution in [-0.2, 0) is 4.79 Å². The summed E-state index contributed by atoms with van der Waals surface area (Å²) >= 11 is 9.13. The molecular weight excluding hydrogens is 508 g/mol. The highest BCUT2D eigenvalue weighted by atomic mass is 79.9. The Kier molecular flexibility index (Phi) is 7.60. The number of ether oxygens (including phenoxy) is 1. The maximum atomic E-state index is 14.5. The van der Waals surface area contributed by atoms with Gasteiger partial charge in [0.05, 0.1) is 29.0 Å². The fourth-order valence-electron chi connectivity index (χ4n) is 2.74. The normalized spacial score (nSPS) is 11.7. The van der Waals surface area contributed by atoms with Crippen molar-refractivity contribution >= 4 is 61.5 Å². The Morgan fingerprint density at radius 1 is 1.28 bits per heavy atom. The first-order valence-electron chi connectivity index (χ1n) is 9.26. The van der Waals surface area contributed by atoms with Crippen LogP contribution >= 0.6 is 27.5 Å². The molecule has 0 saturated carbocycles. The number of nitrogens with zero attached hydrogens (tertiary/aromatic N) is 3. The van der Waals surface area contributed by atoms with Crippen LogP contribution in [0.1, 0.15) is 0 Å². The van der Waals surface area contributed by atoms with Gasteiger partial charge in [-0.1, -0.05) is 11.6 Å². The van der Waals surface area contributed by atoms with E-state index in [1.807, 2.05) is 0 Å². The number of nitrogens with one attached hydrogen (secondary N) is 2. The van der Waals surface area contributed by atoms with E-state index < -0.39 is 17.6 Å². The molecule has 0 radical (unpaired) electrons. The zero-order valence-corrected chi connectivity index (χ0v) is 19.7. The zero-order chi connectivity index (χ0) is 23.4. The van der Waals surface area contributed by atoms with Crippen LogP contribution in [0.2, 0.25) is 5.02 Å². The van der Waals surface area contributed by atoms with Crippen LogP contribution in [-0.4, -0.2) is 48.5 Å². The van der Waals surface area contributed by atoms with Crippen molar-refractivity contribution in [1.82, 2.24) is 14.9 Å². The molecule has 3 aromatic rings. The van der Waals surface area contributed by atoms with Crippen molar-refractivity contribution in [1.29, 1.82) is 0 Å². The van der Waals surface area contributed by atoms with Gasteiger partial charge in [0.15, 0.2) is 11.6 Å². The maximum Gasteiger partial charge on any atom is 0.284 e. The summed E-state index contributed by atoms with van der Waals surface area (Å²) < 4.78 is 34.4. The average molecular weight is 527 g/mol. The largest absolute Gasteiger partial charge is 0.494 e. The second-order valence-electron chi connectivity index (χ2n) is 6.91. The highest BCUT2D eigenvalue weighted by Gasteiger charge is 2.17. The monoisotopic (exact) mass is 525 g/mol. The van der Waals surface area contributed by atoms with Crippen molar-refractivity contribution in [3.63, 3.8) is 0 Å². The van der Waals surface area contributed by atoms with E-state index in [0.29, 0.717) is 15.4 Å². The molecule has 32 heavy (non-hydrogen) atoms. The minimum absolute atomic E-state index is 0.0806. The maximum absolute atomic E-state index is 14.5. The third-order valence-corrected chi connectivity index (χ3v) is 5.60. The summed E-state index contributed by atoms with van der Waals surface area (Å²) in [4.78, 5) is 22.3. The number of anilines is 3. The van der Waals surface area contributed by atoms with Crippen LogP contribution in [0.15, 0.2) is 47.0 Å². The zero-order valence-electron chi connectivity index (χ0n) is 17.3. The Balaban J connectivity index is 2.00. The molecule has 0 fully saturated rings. The van der Waals surface area contributed by atoms with Gasteiger partial charge < -0.3 is 20.3 Å². The molecule has 0 aliphatic carbocycles. The minimum Gasteiger partial charge on any atom is -0.494 e. The molecular formula is C21H19BrClF2N5O2. The molecule has 3 rings (SSSR count). The summed E-state index contributed by atoms with van der Waals surface area (Å²) in [5, 5.41) is 5.73. The summed E-state index contributed by atoms with van der Waals surface area (Å²) in [7, 11) is 4.92. The van der Waals surface area contributed by atoms with Crippen molar-refractivity contribution in [3.05, 3.63) is 57.8 Å². The summed E-state index contributed by atoms with van der Waals surface area (Å²) in [5.41, 5.74) is 0.757. The first kappa shape index (κ1) is 23.8. The van der Waals surface area contributed by atoms with Crippen molar-refractivity contribution in [3.8, 4) is 5.75 Å². The first-order valence-corrected chi connectivity index (χ1v) is 10.4. The van der Waals surface area contributed by atoms with Gasteiger partial charge in [0.2, 0.25) is 0 Å². The number of halogens is 4. The fraction of sp³-hybridized carbons (Fsp3) is 0.190. The number of likely N-dealkylation sites (N-methyl/N-ethyl adjacent to an activating group) is 1. The summed E-state index contributed by atoms with van der Waals surface area (Å²) in [6.07, 6.45) is 2.46. The molecule has 0 aliphatic heterocycles. The van der Waals surface area contributed by atoms with Crippen LogP contribution in [0.25, 0.3) is 10.9 Å². The van der Waals surface area contributed by atoms with Crippen molar-refractivity contribution < 1.29 is 18.3 Å². The smallest absolute Gasteiger partial charge is 0.284 e. The van der Waals surface area contributed by atoms with Crippen LogP contribution in [0.5, 0.6) is 5.75 Å². The van der Waals surface area contributed by atoms with Crippen LogP contribution in [0.4, 0.5) is 26.0 Å². The standard InChI is InChI=1S/C21H19BrClF2N5O2/c1-30(2)7-6-13(24)21(31)29-16-8-11-15(9-17(16)32-3)26-10-27-20(11)28-14-5-4-12(22)18(23)19(14)25/h4-6,8-10H,7H2,1-3H3,(H,29,31)(H,26,27,28)/b13-6-. The van der Waals surface area contributed by atoms with Crippen LogP contribution < -0.4 is 15.4 Å². The predicted octanol–water partition coefficient (Wildman–Crippen LogP) is 5.29. The van der Waals surface area contributed by atoms with Crippen molar-refractivity contribution in [2.45, 2.75) is 0 Å². The molecule has 7 nitrogen and oxygen atoms in total. The SMILES string of the molecule is COc1cc2ncnc(Nc3ccc(Br)c(Cl)c3F)c2cc1NC(=O)/C(F)=C/CN(C)C. The number of benzene rings is 2. The Morgan fingerprint density at radius 2 is 2.03 bits per heavy atom. The Morgan fingerprint density at radius 3 is 2.72 bits per heavy atom. The Hall–Kier alpha value is -2.82. The van der Waals surface area contributed by atoms with E-state index in [0.717, 1.165) is 0 Å². The molecule has 1 heterocycles. The molecule has 168 valence electrons. The van der Waals surface area contributed by atoms with E-state index in [4.69, 9.17) is 16.3 Å².